The Morgan fingerprint density at radius 3 is 2.65 bits per heavy atom. The Bertz CT molecular complexity index is 388. The number of phenolic OH excluding ortho intramolecular Hbond substituents is 1. The van der Waals surface area contributed by atoms with Crippen molar-refractivity contribution in [2.24, 2.45) is 0 Å². The van der Waals surface area contributed by atoms with E-state index < -0.39 is 5.60 Å². The molecule has 4 heteroatoms. The number of benzene rings is 1. The van der Waals surface area contributed by atoms with E-state index in [1.807, 2.05) is 20.8 Å². The molecule has 0 bridgehead atoms. The molecule has 0 aliphatic heterocycles. The van der Waals surface area contributed by atoms with Crippen molar-refractivity contribution in [1.29, 1.82) is 0 Å². The summed E-state index contributed by atoms with van der Waals surface area (Å²) in [5, 5.41) is 12.3. The summed E-state index contributed by atoms with van der Waals surface area (Å²) in [5.41, 5.74) is -0.130. The van der Waals surface area contributed by atoms with Crippen molar-refractivity contribution in [3.63, 3.8) is 0 Å². The summed E-state index contributed by atoms with van der Waals surface area (Å²) >= 11 is 0. The Morgan fingerprint density at radius 1 is 1.41 bits per heavy atom. The van der Waals surface area contributed by atoms with Gasteiger partial charge in [0.25, 0.3) is 5.91 Å². The smallest absolute Gasteiger partial charge is 0.255 e. The molecule has 1 aromatic rings. The number of carbonyl (C=O) groups is 1. The van der Waals surface area contributed by atoms with Crippen LogP contribution in [-0.2, 0) is 4.74 Å². The maximum absolute atomic E-state index is 11.8. The first-order chi connectivity index (χ1) is 7.96. The van der Waals surface area contributed by atoms with Crippen LogP contribution in [0, 0.1) is 0 Å². The molecule has 0 atom stereocenters. The van der Waals surface area contributed by atoms with Gasteiger partial charge in [-0.3, -0.25) is 4.79 Å². The maximum atomic E-state index is 11.8. The second-order valence-electron chi connectivity index (χ2n) is 4.39. The Balaban J connectivity index is 2.59. The number of hydrogen-bond acceptors (Lipinski definition) is 3. The quantitative estimate of drug-likeness (QED) is 0.822. The van der Waals surface area contributed by atoms with Gasteiger partial charge in [0.2, 0.25) is 0 Å². The molecule has 4 nitrogen and oxygen atoms in total. The molecule has 0 unspecified atom stereocenters. The van der Waals surface area contributed by atoms with Gasteiger partial charge in [-0.15, -0.1) is 0 Å². The first kappa shape index (κ1) is 13.5. The van der Waals surface area contributed by atoms with E-state index >= 15 is 0 Å². The van der Waals surface area contributed by atoms with Crippen LogP contribution in [0.15, 0.2) is 24.3 Å². The second-order valence-corrected chi connectivity index (χ2v) is 4.39. The van der Waals surface area contributed by atoms with Crippen molar-refractivity contribution in [2.45, 2.75) is 26.4 Å². The van der Waals surface area contributed by atoms with Crippen LogP contribution < -0.4 is 5.32 Å². The number of carbonyl (C=O) groups excluding carboxylic acids is 1. The van der Waals surface area contributed by atoms with Gasteiger partial charge in [-0.25, -0.2) is 0 Å². The molecule has 0 spiro atoms. The summed E-state index contributed by atoms with van der Waals surface area (Å²) in [4.78, 5) is 11.8. The maximum Gasteiger partial charge on any atom is 0.255 e. The minimum atomic E-state index is -0.408. The van der Waals surface area contributed by atoms with Crippen molar-refractivity contribution in [3.8, 4) is 5.75 Å². The summed E-state index contributed by atoms with van der Waals surface area (Å²) in [6, 6.07) is 6.46. The van der Waals surface area contributed by atoms with Gasteiger partial charge in [0, 0.05) is 13.2 Å². The van der Waals surface area contributed by atoms with Gasteiger partial charge in [0.1, 0.15) is 5.75 Å². The van der Waals surface area contributed by atoms with E-state index in [-0.39, 0.29) is 17.2 Å². The highest BCUT2D eigenvalue weighted by molar-refractivity contribution is 5.96. The van der Waals surface area contributed by atoms with Gasteiger partial charge in [0.15, 0.2) is 0 Å². The lowest BCUT2D eigenvalue weighted by molar-refractivity contribution is -0.00817. The van der Waals surface area contributed by atoms with Crippen LogP contribution >= 0.6 is 0 Å². The van der Waals surface area contributed by atoms with Crippen molar-refractivity contribution in [1.82, 2.24) is 5.32 Å². The average Bonchev–Trinajstić information content (AvgIpc) is 2.27. The molecule has 1 aromatic carbocycles. The molecule has 1 rings (SSSR count). The number of hydrogen-bond donors (Lipinski definition) is 2. The highest BCUT2D eigenvalue weighted by Crippen LogP contribution is 2.15. The van der Waals surface area contributed by atoms with Crippen LogP contribution in [-0.4, -0.2) is 29.8 Å². The fraction of sp³-hybridized carbons (Fsp3) is 0.462. The number of para-hydroxylation sites is 1. The number of phenols is 1. The van der Waals surface area contributed by atoms with Crippen LogP contribution in [0.2, 0.25) is 0 Å². The van der Waals surface area contributed by atoms with E-state index in [1.54, 1.807) is 18.2 Å². The minimum Gasteiger partial charge on any atom is -0.507 e. The van der Waals surface area contributed by atoms with E-state index in [0.717, 1.165) is 0 Å². The third kappa shape index (κ3) is 4.07. The van der Waals surface area contributed by atoms with E-state index in [9.17, 15) is 9.90 Å². The molecular weight excluding hydrogens is 218 g/mol. The molecule has 94 valence electrons. The SMILES string of the molecule is CCOC(C)(C)CNC(=O)c1ccccc1O. The molecule has 0 saturated carbocycles. The lowest BCUT2D eigenvalue weighted by Gasteiger charge is -2.24. The number of rotatable bonds is 5. The summed E-state index contributed by atoms with van der Waals surface area (Å²) in [5.74, 6) is -0.310. The minimum absolute atomic E-state index is 0.0146. The van der Waals surface area contributed by atoms with Crippen molar-refractivity contribution in [2.75, 3.05) is 13.2 Å². The Hall–Kier alpha value is -1.55. The van der Waals surface area contributed by atoms with Crippen LogP contribution in [0.3, 0.4) is 0 Å². The molecule has 0 heterocycles. The zero-order valence-corrected chi connectivity index (χ0v) is 10.5. The van der Waals surface area contributed by atoms with Gasteiger partial charge in [-0.1, -0.05) is 12.1 Å². The first-order valence-corrected chi connectivity index (χ1v) is 5.66. The fourth-order valence-corrected chi connectivity index (χ4v) is 1.50. The lowest BCUT2D eigenvalue weighted by Crippen LogP contribution is -2.40. The van der Waals surface area contributed by atoms with Gasteiger partial charge in [0.05, 0.1) is 11.2 Å². The lowest BCUT2D eigenvalue weighted by atomic mass is 10.1. The first-order valence-electron chi connectivity index (χ1n) is 5.66. The third-order valence-corrected chi connectivity index (χ3v) is 2.36. The number of ether oxygens (including phenoxy) is 1. The van der Waals surface area contributed by atoms with Gasteiger partial charge >= 0.3 is 0 Å². The van der Waals surface area contributed by atoms with E-state index in [1.165, 1.54) is 6.07 Å². The Morgan fingerprint density at radius 2 is 2.06 bits per heavy atom. The predicted molar refractivity (Wildman–Crippen MR) is 66.1 cm³/mol. The summed E-state index contributed by atoms with van der Waals surface area (Å²) < 4.78 is 5.47. The normalized spacial score (nSPS) is 11.2. The number of amides is 1. The standard InChI is InChI=1S/C13H19NO3/c1-4-17-13(2,3)9-14-12(16)10-7-5-6-8-11(10)15/h5-8,15H,4,9H2,1-3H3,(H,14,16). The van der Waals surface area contributed by atoms with E-state index in [2.05, 4.69) is 5.32 Å². The van der Waals surface area contributed by atoms with Crippen LogP contribution in [0.4, 0.5) is 0 Å². The summed E-state index contributed by atoms with van der Waals surface area (Å²) in [6.45, 7) is 6.71. The zero-order valence-electron chi connectivity index (χ0n) is 10.5. The van der Waals surface area contributed by atoms with Crippen molar-refractivity contribution in [3.05, 3.63) is 29.8 Å². The van der Waals surface area contributed by atoms with Crippen LogP contribution in [0.5, 0.6) is 5.75 Å². The molecule has 0 fully saturated rings. The van der Waals surface area contributed by atoms with Gasteiger partial charge in [-0.2, -0.15) is 0 Å². The van der Waals surface area contributed by atoms with Crippen LogP contribution in [0.1, 0.15) is 31.1 Å². The number of aromatic hydroxyl groups is 1. The topological polar surface area (TPSA) is 58.6 Å². The predicted octanol–water partition coefficient (Wildman–Crippen LogP) is 1.94. The summed E-state index contributed by atoms with van der Waals surface area (Å²) in [7, 11) is 0. The van der Waals surface area contributed by atoms with Gasteiger partial charge < -0.3 is 15.2 Å². The number of nitrogens with one attached hydrogen (secondary N) is 1. The zero-order chi connectivity index (χ0) is 12.9. The summed E-state index contributed by atoms with van der Waals surface area (Å²) in [6.07, 6.45) is 0. The highest BCUT2D eigenvalue weighted by Gasteiger charge is 2.19. The molecule has 17 heavy (non-hydrogen) atoms. The Labute approximate surface area is 102 Å². The van der Waals surface area contributed by atoms with Crippen molar-refractivity contribution < 1.29 is 14.6 Å². The molecule has 0 radical (unpaired) electrons. The molecule has 0 saturated heterocycles. The highest BCUT2D eigenvalue weighted by atomic mass is 16.5. The van der Waals surface area contributed by atoms with E-state index in [0.29, 0.717) is 13.2 Å². The largest absolute Gasteiger partial charge is 0.507 e. The Kier molecular flexibility index (Phi) is 4.52. The van der Waals surface area contributed by atoms with E-state index in [4.69, 9.17) is 4.74 Å². The molecular formula is C13H19NO3. The molecule has 0 aliphatic carbocycles. The second kappa shape index (κ2) is 5.68. The fourth-order valence-electron chi connectivity index (χ4n) is 1.50. The monoisotopic (exact) mass is 237 g/mol. The average molecular weight is 237 g/mol. The molecule has 2 N–H and O–H groups in total. The van der Waals surface area contributed by atoms with Crippen LogP contribution in [0.25, 0.3) is 0 Å². The molecule has 0 aromatic heterocycles. The molecule has 0 aliphatic rings. The van der Waals surface area contributed by atoms with Gasteiger partial charge in [-0.05, 0) is 32.9 Å². The van der Waals surface area contributed by atoms with Crippen molar-refractivity contribution >= 4 is 5.91 Å². The third-order valence-electron chi connectivity index (χ3n) is 2.36. The molecule has 1 amide bonds.